The van der Waals surface area contributed by atoms with Gasteiger partial charge in [-0.2, -0.15) is 0 Å². The van der Waals surface area contributed by atoms with Gasteiger partial charge in [0.05, 0.1) is 32.1 Å². The fourth-order valence-corrected chi connectivity index (χ4v) is 3.14. The second-order valence-electron chi connectivity index (χ2n) is 9.27. The number of nitrogens with one attached hydrogen (secondary N) is 2. The van der Waals surface area contributed by atoms with E-state index in [0.29, 0.717) is 56.7 Å². The van der Waals surface area contributed by atoms with Crippen molar-refractivity contribution in [2.75, 3.05) is 39.6 Å². The molecule has 2 aromatic carbocycles. The molecule has 0 saturated heterocycles. The van der Waals surface area contributed by atoms with Crippen LogP contribution < -0.4 is 26.8 Å². The average Bonchev–Trinajstić information content (AvgIpc) is 2.97. The van der Waals surface area contributed by atoms with Gasteiger partial charge in [0.2, 0.25) is 5.91 Å². The molecule has 42 heavy (non-hydrogen) atoms. The molecule has 0 aliphatic carbocycles. The zero-order valence-corrected chi connectivity index (χ0v) is 24.4. The Hall–Kier alpha value is -4.49. The average molecular weight is 584 g/mol. The fourth-order valence-electron chi connectivity index (χ4n) is 3.14. The first-order valence-electron chi connectivity index (χ1n) is 13.5. The number of ether oxygens (including phenoxy) is 3. The van der Waals surface area contributed by atoms with Crippen molar-refractivity contribution in [3.63, 3.8) is 0 Å². The van der Waals surface area contributed by atoms with Gasteiger partial charge >= 0.3 is 0 Å². The maximum Gasteiger partial charge on any atom is 0.258 e. The van der Waals surface area contributed by atoms with E-state index in [1.807, 2.05) is 38.1 Å². The van der Waals surface area contributed by atoms with Gasteiger partial charge in [-0.3, -0.25) is 9.59 Å². The van der Waals surface area contributed by atoms with Gasteiger partial charge in [0.1, 0.15) is 18.2 Å². The maximum atomic E-state index is 12.0. The first kappa shape index (κ1) is 33.7. The molecule has 2 rings (SSSR count). The summed E-state index contributed by atoms with van der Waals surface area (Å²) in [5, 5.41) is 17.0. The monoisotopic (exact) mass is 583 g/mol. The SMILES string of the molecule is CC(C)=NOCc1ccc(OCC(=O)NCCOCCOCCC(=O)NCc2ccc(/C(N)=N/N=C(/C)N)cc2)cc1. The standard InChI is InChI=1S/C29H41N7O6/c1-21(2)36-42-19-24-6-10-26(11-7-24)41-20-28(38)32-13-15-40-17-16-39-14-12-27(37)33-18-23-4-8-25(9-5-23)29(31)35-34-22(3)30/h4-11H,12-20H2,1-3H3,(H2,30,34)(H2,31,35)(H,32,38)(H,33,37). The molecular formula is C29H41N7O6. The van der Waals surface area contributed by atoms with E-state index in [1.54, 1.807) is 31.2 Å². The molecule has 0 atom stereocenters. The van der Waals surface area contributed by atoms with Crippen LogP contribution in [0.5, 0.6) is 5.75 Å². The molecule has 0 aliphatic heterocycles. The van der Waals surface area contributed by atoms with E-state index in [4.69, 9.17) is 30.5 Å². The number of amides is 2. The van der Waals surface area contributed by atoms with E-state index in [0.717, 1.165) is 16.8 Å². The molecule has 0 aliphatic rings. The molecular weight excluding hydrogens is 542 g/mol. The molecule has 0 bridgehead atoms. The van der Waals surface area contributed by atoms with Crippen LogP contribution in [0.3, 0.4) is 0 Å². The third-order valence-electron chi connectivity index (χ3n) is 5.24. The van der Waals surface area contributed by atoms with E-state index in [1.165, 1.54) is 0 Å². The van der Waals surface area contributed by atoms with Crippen molar-refractivity contribution >= 4 is 29.2 Å². The summed E-state index contributed by atoms with van der Waals surface area (Å²) < 4.78 is 16.4. The Labute approximate surface area is 246 Å². The summed E-state index contributed by atoms with van der Waals surface area (Å²) in [5.74, 6) is 0.783. The summed E-state index contributed by atoms with van der Waals surface area (Å²) in [7, 11) is 0. The number of amidine groups is 2. The summed E-state index contributed by atoms with van der Waals surface area (Å²) >= 11 is 0. The number of rotatable bonds is 19. The first-order valence-corrected chi connectivity index (χ1v) is 13.5. The molecule has 6 N–H and O–H groups in total. The van der Waals surface area contributed by atoms with E-state index < -0.39 is 0 Å². The molecule has 0 unspecified atom stereocenters. The summed E-state index contributed by atoms with van der Waals surface area (Å²) in [6, 6.07) is 14.5. The lowest BCUT2D eigenvalue weighted by Gasteiger charge is -2.09. The Morgan fingerprint density at radius 2 is 1.45 bits per heavy atom. The summed E-state index contributed by atoms with van der Waals surface area (Å²) in [6.45, 7) is 7.63. The molecule has 0 radical (unpaired) electrons. The van der Waals surface area contributed by atoms with Crippen molar-refractivity contribution in [2.45, 2.75) is 40.3 Å². The van der Waals surface area contributed by atoms with Gasteiger partial charge in [-0.1, -0.05) is 41.6 Å². The normalized spacial score (nSPS) is 11.5. The van der Waals surface area contributed by atoms with Gasteiger partial charge in [-0.05, 0) is 44.0 Å². The van der Waals surface area contributed by atoms with Crippen molar-refractivity contribution in [2.24, 2.45) is 26.8 Å². The molecule has 0 fully saturated rings. The van der Waals surface area contributed by atoms with E-state index in [-0.39, 0.29) is 37.3 Å². The number of carbonyl (C=O) groups excluding carboxylic acids is 2. The smallest absolute Gasteiger partial charge is 0.258 e. The number of benzene rings is 2. The highest BCUT2D eigenvalue weighted by molar-refractivity contribution is 5.97. The Bertz CT molecular complexity index is 1190. The lowest BCUT2D eigenvalue weighted by Crippen LogP contribution is -2.31. The van der Waals surface area contributed by atoms with E-state index in [9.17, 15) is 9.59 Å². The maximum absolute atomic E-state index is 12.0. The Morgan fingerprint density at radius 3 is 2.12 bits per heavy atom. The van der Waals surface area contributed by atoms with Gasteiger partial charge < -0.3 is 41.1 Å². The minimum absolute atomic E-state index is 0.0976. The van der Waals surface area contributed by atoms with Crippen molar-refractivity contribution < 1.29 is 28.6 Å². The number of nitrogens with zero attached hydrogens (tertiary/aromatic N) is 3. The predicted molar refractivity (Wildman–Crippen MR) is 161 cm³/mol. The summed E-state index contributed by atoms with van der Waals surface area (Å²) in [5.41, 5.74) is 14.7. The predicted octanol–water partition coefficient (Wildman–Crippen LogP) is 1.83. The zero-order chi connectivity index (χ0) is 30.6. The number of oxime groups is 1. The molecule has 0 heterocycles. The van der Waals surface area contributed by atoms with Crippen LogP contribution in [-0.4, -0.2) is 68.8 Å². The fraction of sp³-hybridized carbons (Fsp3) is 0.414. The highest BCUT2D eigenvalue weighted by Gasteiger charge is 2.05. The molecule has 2 amide bonds. The van der Waals surface area contributed by atoms with Gasteiger partial charge in [0.15, 0.2) is 12.4 Å². The van der Waals surface area contributed by atoms with Crippen LogP contribution in [0.2, 0.25) is 0 Å². The summed E-state index contributed by atoms with van der Waals surface area (Å²) in [6.07, 6.45) is 0.230. The van der Waals surface area contributed by atoms with Gasteiger partial charge in [-0.15, -0.1) is 10.2 Å². The van der Waals surface area contributed by atoms with E-state index >= 15 is 0 Å². The molecule has 0 spiro atoms. The number of nitrogens with two attached hydrogens (primary N) is 2. The Morgan fingerprint density at radius 1 is 0.786 bits per heavy atom. The van der Waals surface area contributed by atoms with Crippen LogP contribution in [-0.2, 0) is 37.1 Å². The highest BCUT2D eigenvalue weighted by Crippen LogP contribution is 2.13. The topological polar surface area (TPSA) is 184 Å². The van der Waals surface area contributed by atoms with Gasteiger partial charge in [0, 0.05) is 25.1 Å². The lowest BCUT2D eigenvalue weighted by molar-refractivity contribution is -0.123. The highest BCUT2D eigenvalue weighted by atomic mass is 16.6. The number of carbonyl (C=O) groups is 2. The zero-order valence-electron chi connectivity index (χ0n) is 24.4. The third-order valence-corrected chi connectivity index (χ3v) is 5.24. The van der Waals surface area contributed by atoms with Crippen molar-refractivity contribution in [3.8, 4) is 5.75 Å². The van der Waals surface area contributed by atoms with Crippen LogP contribution in [0.25, 0.3) is 0 Å². The quantitative estimate of drug-likeness (QED) is 0.0835. The number of hydrogen-bond donors (Lipinski definition) is 4. The summed E-state index contributed by atoms with van der Waals surface area (Å²) in [4.78, 5) is 29.2. The minimum atomic E-state index is -0.248. The second kappa shape index (κ2) is 19.6. The number of hydrogen-bond acceptors (Lipinski definition) is 9. The second-order valence-corrected chi connectivity index (χ2v) is 9.27. The molecule has 228 valence electrons. The van der Waals surface area contributed by atoms with Crippen molar-refractivity contribution in [3.05, 3.63) is 65.2 Å². The first-order chi connectivity index (χ1) is 20.2. The Kier molecular flexibility index (Phi) is 15.7. The lowest BCUT2D eigenvalue weighted by atomic mass is 10.1. The molecule has 0 saturated carbocycles. The molecule has 0 aromatic heterocycles. The van der Waals surface area contributed by atoms with Crippen LogP contribution in [0.4, 0.5) is 0 Å². The van der Waals surface area contributed by atoms with E-state index in [2.05, 4.69) is 26.0 Å². The van der Waals surface area contributed by atoms with Gasteiger partial charge in [-0.25, -0.2) is 0 Å². The third kappa shape index (κ3) is 15.3. The van der Waals surface area contributed by atoms with Crippen molar-refractivity contribution in [1.82, 2.24) is 10.6 Å². The minimum Gasteiger partial charge on any atom is -0.484 e. The van der Waals surface area contributed by atoms with Crippen LogP contribution in [0.1, 0.15) is 43.9 Å². The molecule has 13 heteroatoms. The Balaban J connectivity index is 1.46. The van der Waals surface area contributed by atoms with Crippen LogP contribution in [0.15, 0.2) is 63.9 Å². The molecule has 13 nitrogen and oxygen atoms in total. The van der Waals surface area contributed by atoms with Crippen molar-refractivity contribution in [1.29, 1.82) is 0 Å². The molecule has 2 aromatic rings. The van der Waals surface area contributed by atoms with Gasteiger partial charge in [0.25, 0.3) is 5.91 Å². The largest absolute Gasteiger partial charge is 0.484 e. The van der Waals surface area contributed by atoms with Crippen LogP contribution >= 0.6 is 0 Å². The van der Waals surface area contributed by atoms with Crippen LogP contribution in [0, 0.1) is 0 Å².